The van der Waals surface area contributed by atoms with Gasteiger partial charge in [-0.1, -0.05) is 5.16 Å². The summed E-state index contributed by atoms with van der Waals surface area (Å²) in [5.74, 6) is -6.42. The van der Waals surface area contributed by atoms with Gasteiger partial charge in [-0.3, -0.25) is 4.72 Å². The molecule has 4 heterocycles. The highest BCUT2D eigenvalue weighted by molar-refractivity contribution is 7.91. The van der Waals surface area contributed by atoms with Gasteiger partial charge in [0.05, 0.1) is 11.3 Å². The number of piperidine rings is 1. The molecule has 4 aromatic rings. The van der Waals surface area contributed by atoms with E-state index in [1.807, 2.05) is 0 Å². The van der Waals surface area contributed by atoms with Crippen molar-refractivity contribution < 1.29 is 35.2 Å². The second-order valence-electron chi connectivity index (χ2n) is 8.85. The number of anilines is 2. The molecule has 0 bridgehead atoms. The Morgan fingerprint density at radius 2 is 1.98 bits per heavy atom. The molecule has 0 amide bonds. The number of aromatic nitrogens is 4. The van der Waals surface area contributed by atoms with Gasteiger partial charge < -0.3 is 20.3 Å². The number of ether oxygens (including phenoxy) is 1. The summed E-state index contributed by atoms with van der Waals surface area (Å²) in [4.78, 5) is 11.7. The predicted molar refractivity (Wildman–Crippen MR) is 141 cm³/mol. The van der Waals surface area contributed by atoms with Crippen LogP contribution in [0.1, 0.15) is 24.3 Å². The molecule has 16 heteroatoms. The Kier molecular flexibility index (Phi) is 9.34. The summed E-state index contributed by atoms with van der Waals surface area (Å²) in [5, 5.41) is 6.46. The van der Waals surface area contributed by atoms with Gasteiger partial charge in [0.25, 0.3) is 0 Å². The first-order chi connectivity index (χ1) is 19.5. The number of nitrogens with one attached hydrogen (secondary N) is 2. The number of pyridine rings is 1. The maximum absolute atomic E-state index is 14.7. The lowest BCUT2D eigenvalue weighted by Gasteiger charge is -2.14. The molecule has 1 aliphatic heterocycles. The van der Waals surface area contributed by atoms with E-state index in [1.54, 1.807) is 4.72 Å². The second-order valence-corrected chi connectivity index (χ2v) is 10.6. The molecule has 1 aromatic carbocycles. The number of hydrogen-bond donors (Lipinski definition) is 3. The van der Waals surface area contributed by atoms with E-state index in [9.17, 15) is 26.0 Å². The van der Waals surface area contributed by atoms with Crippen LogP contribution in [0, 0.1) is 24.4 Å². The Balaban J connectivity index is 0.000000483. The van der Waals surface area contributed by atoms with E-state index in [2.05, 4.69) is 25.4 Å². The quantitative estimate of drug-likeness (QED) is 0.208. The average molecular weight is 596 g/mol. The summed E-state index contributed by atoms with van der Waals surface area (Å²) in [7, 11) is -4.35. The first-order valence-electron chi connectivity index (χ1n) is 12.2. The van der Waals surface area contributed by atoms with Gasteiger partial charge in [-0.2, -0.15) is 4.39 Å². The third kappa shape index (κ3) is 7.88. The van der Waals surface area contributed by atoms with Crippen LogP contribution in [-0.4, -0.2) is 47.8 Å². The largest absolute Gasteiger partial charge is 0.435 e. The molecule has 4 N–H and O–H groups in total. The van der Waals surface area contributed by atoms with Gasteiger partial charge in [0.1, 0.15) is 29.1 Å². The van der Waals surface area contributed by atoms with Gasteiger partial charge in [-0.15, -0.1) is 0 Å². The number of nitrogens with zero attached hydrogens (tertiary/aromatic N) is 4. The Morgan fingerprint density at radius 1 is 1.17 bits per heavy atom. The van der Waals surface area contributed by atoms with Gasteiger partial charge in [0.2, 0.25) is 27.7 Å². The van der Waals surface area contributed by atoms with Crippen LogP contribution in [0.3, 0.4) is 0 Å². The summed E-state index contributed by atoms with van der Waals surface area (Å²) in [6.07, 6.45) is 3.86. The van der Waals surface area contributed by atoms with Gasteiger partial charge in [-0.25, -0.2) is 36.5 Å². The van der Waals surface area contributed by atoms with Crippen molar-refractivity contribution in [3.05, 3.63) is 71.6 Å². The summed E-state index contributed by atoms with van der Waals surface area (Å²) >= 11 is 0. The highest BCUT2D eigenvalue weighted by Gasteiger charge is 2.26. The summed E-state index contributed by atoms with van der Waals surface area (Å²) in [6.45, 7) is 3.11. The third-order valence-electron chi connectivity index (χ3n) is 5.56. The SMILES string of the molecule is Cc1cc(CS(=O)(=O)Nc2c(F)cc(Oc3ncccc3-c3ccnc(N)n3)c(F)c2F)no1.FC1CCCNC1. The Hall–Kier alpha value is -4.31. The minimum Gasteiger partial charge on any atom is -0.435 e. The van der Waals surface area contributed by atoms with Gasteiger partial charge in [-0.05, 0) is 44.5 Å². The summed E-state index contributed by atoms with van der Waals surface area (Å²) in [5.41, 5.74) is 4.87. The zero-order valence-corrected chi connectivity index (χ0v) is 22.4. The summed E-state index contributed by atoms with van der Waals surface area (Å²) in [6, 6.07) is 6.35. The van der Waals surface area contributed by atoms with E-state index >= 15 is 0 Å². The van der Waals surface area contributed by atoms with Crippen molar-refractivity contribution in [3.8, 4) is 22.9 Å². The molecule has 11 nitrogen and oxygen atoms in total. The first-order valence-corrected chi connectivity index (χ1v) is 13.8. The van der Waals surface area contributed by atoms with Crippen molar-refractivity contribution in [1.29, 1.82) is 0 Å². The molecule has 5 rings (SSSR count). The highest BCUT2D eigenvalue weighted by Crippen LogP contribution is 2.35. The Labute approximate surface area is 232 Å². The molecular weight excluding hydrogens is 570 g/mol. The van der Waals surface area contributed by atoms with Crippen LogP contribution in [0.5, 0.6) is 11.6 Å². The highest BCUT2D eigenvalue weighted by atomic mass is 32.2. The number of nitrogen functional groups attached to an aromatic ring is 1. The van der Waals surface area contributed by atoms with Gasteiger partial charge in [0, 0.05) is 31.1 Å². The van der Waals surface area contributed by atoms with E-state index in [0.29, 0.717) is 18.4 Å². The number of alkyl halides is 1. The monoisotopic (exact) mass is 595 g/mol. The molecule has 0 saturated carbocycles. The van der Waals surface area contributed by atoms with Crippen molar-refractivity contribution in [2.24, 2.45) is 0 Å². The number of sulfonamides is 1. The molecule has 0 spiro atoms. The summed E-state index contributed by atoms with van der Waals surface area (Å²) < 4.78 is 92.5. The van der Waals surface area contributed by atoms with Crippen LogP contribution in [0.25, 0.3) is 11.3 Å². The molecule has 1 fully saturated rings. The molecule has 1 aliphatic rings. The zero-order valence-electron chi connectivity index (χ0n) is 21.6. The van der Waals surface area contributed by atoms with Crippen LogP contribution >= 0.6 is 0 Å². The Bertz CT molecular complexity index is 1620. The molecule has 1 atom stereocenters. The van der Waals surface area contributed by atoms with Crippen LogP contribution in [0.4, 0.5) is 29.2 Å². The van der Waals surface area contributed by atoms with E-state index in [-0.39, 0.29) is 28.8 Å². The van der Waals surface area contributed by atoms with E-state index in [4.69, 9.17) is 15.0 Å². The first kappa shape index (κ1) is 29.7. The fourth-order valence-electron chi connectivity index (χ4n) is 3.72. The number of halogens is 4. The normalized spacial score (nSPS) is 15.1. The third-order valence-corrected chi connectivity index (χ3v) is 6.75. The number of nitrogens with two attached hydrogens (primary N) is 1. The number of hydrogen-bond acceptors (Lipinski definition) is 10. The molecular formula is C25H25F4N7O4S. The van der Waals surface area contributed by atoms with Gasteiger partial charge >= 0.3 is 0 Å². The van der Waals surface area contributed by atoms with Gasteiger partial charge in [0.15, 0.2) is 17.4 Å². The van der Waals surface area contributed by atoms with Crippen LogP contribution in [0.2, 0.25) is 0 Å². The van der Waals surface area contributed by atoms with Crippen LogP contribution in [-0.2, 0) is 15.8 Å². The standard InChI is InChI=1S/C20H15F3N6O4S.C5H10FN/c1-10-7-11(28-33-10)9-34(30,31)29-18-13(21)8-15(16(22)17(18)23)32-19-12(3-2-5-25-19)14-4-6-26-20(24)27-14;6-5-2-1-3-7-4-5/h2-8,29H,9H2,1H3,(H2,24,26,27);5,7H,1-4H2. The minimum absolute atomic E-state index is 0.000665. The van der Waals surface area contributed by atoms with Crippen molar-refractivity contribution in [2.75, 3.05) is 23.5 Å². The molecule has 0 radical (unpaired) electrons. The Morgan fingerprint density at radius 3 is 2.61 bits per heavy atom. The number of rotatable bonds is 7. The van der Waals surface area contributed by atoms with Crippen LogP contribution < -0.4 is 20.5 Å². The predicted octanol–water partition coefficient (Wildman–Crippen LogP) is 4.28. The number of benzene rings is 1. The molecule has 41 heavy (non-hydrogen) atoms. The van der Waals surface area contributed by atoms with E-state index < -0.39 is 50.8 Å². The molecule has 0 aliphatic carbocycles. The number of aryl methyl sites for hydroxylation is 1. The van der Waals surface area contributed by atoms with E-state index in [1.165, 1.54) is 43.6 Å². The molecule has 1 unspecified atom stereocenters. The van der Waals surface area contributed by atoms with Crippen molar-refractivity contribution >= 4 is 21.7 Å². The minimum atomic E-state index is -4.35. The maximum atomic E-state index is 14.7. The van der Waals surface area contributed by atoms with Crippen molar-refractivity contribution in [2.45, 2.75) is 31.7 Å². The lowest BCUT2D eigenvalue weighted by Crippen LogP contribution is -2.30. The topological polar surface area (TPSA) is 158 Å². The molecule has 218 valence electrons. The zero-order chi connectivity index (χ0) is 29.6. The lowest BCUT2D eigenvalue weighted by atomic mass is 10.1. The van der Waals surface area contributed by atoms with E-state index in [0.717, 1.165) is 19.4 Å². The second kappa shape index (κ2) is 12.9. The fraction of sp³-hybridized carbons (Fsp3) is 0.280. The molecule has 3 aromatic heterocycles. The lowest BCUT2D eigenvalue weighted by molar-refractivity contribution is 0.266. The van der Waals surface area contributed by atoms with Crippen molar-refractivity contribution in [3.63, 3.8) is 0 Å². The fourth-order valence-corrected chi connectivity index (χ4v) is 4.81. The van der Waals surface area contributed by atoms with Crippen molar-refractivity contribution in [1.82, 2.24) is 25.4 Å². The average Bonchev–Trinajstić information content (AvgIpc) is 3.34. The molecule has 1 saturated heterocycles. The smallest absolute Gasteiger partial charge is 0.238 e. The van der Waals surface area contributed by atoms with Crippen LogP contribution in [0.15, 0.2) is 47.2 Å². The maximum Gasteiger partial charge on any atom is 0.238 e.